The largest absolute Gasteiger partial charge is 0.359 e. The highest BCUT2D eigenvalue weighted by Gasteiger charge is 2.15. The van der Waals surface area contributed by atoms with Crippen molar-refractivity contribution in [2.45, 2.75) is 13.0 Å². The summed E-state index contributed by atoms with van der Waals surface area (Å²) in [5, 5.41) is 5.27. The summed E-state index contributed by atoms with van der Waals surface area (Å²) in [7, 11) is 1.55. The summed E-state index contributed by atoms with van der Waals surface area (Å²) >= 11 is 0. The van der Waals surface area contributed by atoms with Crippen LogP contribution in [0.25, 0.3) is 11.0 Å². The lowest BCUT2D eigenvalue weighted by Gasteiger charge is -2.10. The van der Waals surface area contributed by atoms with E-state index in [1.54, 1.807) is 11.6 Å². The van der Waals surface area contributed by atoms with Crippen LogP contribution in [0, 0.1) is 5.82 Å². The Labute approximate surface area is 143 Å². The lowest BCUT2D eigenvalue weighted by Crippen LogP contribution is -2.24. The predicted molar refractivity (Wildman–Crippen MR) is 92.5 cm³/mol. The third kappa shape index (κ3) is 3.82. The van der Waals surface area contributed by atoms with Crippen molar-refractivity contribution in [3.05, 3.63) is 60.2 Å². The quantitative estimate of drug-likeness (QED) is 0.747. The van der Waals surface area contributed by atoms with Gasteiger partial charge in [-0.1, -0.05) is 12.1 Å². The van der Waals surface area contributed by atoms with Crippen molar-refractivity contribution in [1.29, 1.82) is 0 Å². The molecule has 6 nitrogen and oxygen atoms in total. The van der Waals surface area contributed by atoms with Crippen LogP contribution in [0.3, 0.4) is 0 Å². The van der Waals surface area contributed by atoms with Crippen LogP contribution in [0.4, 0.5) is 10.1 Å². The number of hydrogen-bond donors (Lipinski definition) is 2. The van der Waals surface area contributed by atoms with Gasteiger partial charge in [0.2, 0.25) is 11.8 Å². The third-order valence-electron chi connectivity index (χ3n) is 3.76. The molecule has 0 atom stereocenters. The number of aromatic nitrogens is 2. The number of carbonyl (C=O) groups excluding carboxylic acids is 2. The van der Waals surface area contributed by atoms with Crippen molar-refractivity contribution in [3.63, 3.8) is 0 Å². The molecule has 2 amide bonds. The first kappa shape index (κ1) is 16.6. The van der Waals surface area contributed by atoms with Gasteiger partial charge in [0.25, 0.3) is 0 Å². The zero-order chi connectivity index (χ0) is 17.8. The minimum atomic E-state index is -0.369. The van der Waals surface area contributed by atoms with Crippen molar-refractivity contribution < 1.29 is 14.0 Å². The molecule has 2 N–H and O–H groups in total. The van der Waals surface area contributed by atoms with E-state index in [2.05, 4.69) is 15.6 Å². The molecule has 0 aliphatic rings. The second-order valence-electron chi connectivity index (χ2n) is 5.51. The van der Waals surface area contributed by atoms with E-state index in [1.165, 1.54) is 24.3 Å². The van der Waals surface area contributed by atoms with Gasteiger partial charge >= 0.3 is 0 Å². The molecule has 1 aromatic heterocycles. The van der Waals surface area contributed by atoms with Gasteiger partial charge < -0.3 is 15.2 Å². The molecule has 128 valence electrons. The minimum absolute atomic E-state index is 0.00418. The number of nitrogens with one attached hydrogen (secondary N) is 2. The standard InChI is InChI=1S/C18H17FN4O2/c1-20-17(24)10-16-22-14-4-2-3-5-15(14)23(16)11-18(25)21-13-8-6-12(19)7-9-13/h2-9H,10-11H2,1H3,(H,20,24)(H,21,25). The van der Waals surface area contributed by atoms with Crippen LogP contribution in [0.15, 0.2) is 48.5 Å². The van der Waals surface area contributed by atoms with Gasteiger partial charge in [0, 0.05) is 12.7 Å². The topological polar surface area (TPSA) is 76.0 Å². The molecule has 2 aromatic carbocycles. The number of para-hydroxylation sites is 2. The number of halogens is 1. The monoisotopic (exact) mass is 340 g/mol. The van der Waals surface area contributed by atoms with Gasteiger partial charge in [-0.25, -0.2) is 9.37 Å². The van der Waals surface area contributed by atoms with E-state index in [9.17, 15) is 14.0 Å². The smallest absolute Gasteiger partial charge is 0.244 e. The number of fused-ring (bicyclic) bond motifs is 1. The Morgan fingerprint density at radius 2 is 1.80 bits per heavy atom. The molecule has 0 radical (unpaired) electrons. The van der Waals surface area contributed by atoms with Crippen LogP contribution in [0.2, 0.25) is 0 Å². The summed E-state index contributed by atoms with van der Waals surface area (Å²) < 4.78 is 14.7. The van der Waals surface area contributed by atoms with Gasteiger partial charge in [0.15, 0.2) is 0 Å². The maximum Gasteiger partial charge on any atom is 0.244 e. The molecule has 25 heavy (non-hydrogen) atoms. The summed E-state index contributed by atoms with van der Waals surface area (Å²) in [5.74, 6) is -0.329. The van der Waals surface area contributed by atoms with Crippen molar-refractivity contribution in [1.82, 2.24) is 14.9 Å². The van der Waals surface area contributed by atoms with Gasteiger partial charge in [0.1, 0.15) is 18.2 Å². The Morgan fingerprint density at radius 3 is 2.52 bits per heavy atom. The number of anilines is 1. The number of imidazole rings is 1. The van der Waals surface area contributed by atoms with Crippen molar-refractivity contribution in [2.24, 2.45) is 0 Å². The highest BCUT2D eigenvalue weighted by molar-refractivity contribution is 5.92. The molecule has 7 heteroatoms. The molecule has 0 spiro atoms. The minimum Gasteiger partial charge on any atom is -0.359 e. The first-order valence-electron chi connectivity index (χ1n) is 7.77. The molecule has 0 aliphatic heterocycles. The predicted octanol–water partition coefficient (Wildman–Crippen LogP) is 2.10. The first-order valence-corrected chi connectivity index (χ1v) is 7.77. The van der Waals surface area contributed by atoms with Crippen LogP contribution < -0.4 is 10.6 Å². The summed E-state index contributed by atoms with van der Waals surface area (Å²) in [4.78, 5) is 28.5. The normalized spacial score (nSPS) is 10.6. The molecule has 0 unspecified atom stereocenters. The highest BCUT2D eigenvalue weighted by atomic mass is 19.1. The van der Waals surface area contributed by atoms with Gasteiger partial charge in [-0.15, -0.1) is 0 Å². The third-order valence-corrected chi connectivity index (χ3v) is 3.76. The van der Waals surface area contributed by atoms with Crippen LogP contribution in [-0.4, -0.2) is 28.4 Å². The zero-order valence-corrected chi connectivity index (χ0v) is 13.6. The number of nitrogens with zero attached hydrogens (tertiary/aromatic N) is 2. The van der Waals surface area contributed by atoms with Crippen molar-refractivity contribution in [2.75, 3.05) is 12.4 Å². The number of likely N-dealkylation sites (N-methyl/N-ethyl adjacent to an activating group) is 1. The van der Waals surface area contributed by atoms with E-state index in [0.29, 0.717) is 11.5 Å². The molecule has 3 aromatic rings. The second kappa shape index (κ2) is 7.12. The van der Waals surface area contributed by atoms with Gasteiger partial charge in [-0.2, -0.15) is 0 Å². The van der Waals surface area contributed by atoms with E-state index in [-0.39, 0.29) is 30.6 Å². The number of hydrogen-bond acceptors (Lipinski definition) is 3. The zero-order valence-electron chi connectivity index (χ0n) is 13.6. The van der Waals surface area contributed by atoms with Crippen LogP contribution in [0.1, 0.15) is 5.82 Å². The molecule has 1 heterocycles. The molecule has 0 bridgehead atoms. The average molecular weight is 340 g/mol. The number of benzene rings is 2. The lowest BCUT2D eigenvalue weighted by molar-refractivity contribution is -0.120. The van der Waals surface area contributed by atoms with E-state index in [4.69, 9.17) is 0 Å². The second-order valence-corrected chi connectivity index (χ2v) is 5.51. The summed E-state index contributed by atoms with van der Waals surface area (Å²) in [6, 6.07) is 12.9. The molecule has 0 aliphatic carbocycles. The van der Waals surface area contributed by atoms with Crippen LogP contribution >= 0.6 is 0 Å². The maximum atomic E-state index is 12.9. The fraction of sp³-hybridized carbons (Fsp3) is 0.167. The fourth-order valence-corrected chi connectivity index (χ4v) is 2.55. The molecular weight excluding hydrogens is 323 g/mol. The fourth-order valence-electron chi connectivity index (χ4n) is 2.55. The Hall–Kier alpha value is -3.22. The van der Waals surface area contributed by atoms with E-state index < -0.39 is 0 Å². The summed E-state index contributed by atoms with van der Waals surface area (Å²) in [6.07, 6.45) is 0.0784. The number of carbonyl (C=O) groups is 2. The molecule has 0 saturated carbocycles. The Kier molecular flexibility index (Phi) is 4.74. The van der Waals surface area contributed by atoms with Gasteiger partial charge in [0.05, 0.1) is 17.5 Å². The van der Waals surface area contributed by atoms with Crippen molar-refractivity contribution in [3.8, 4) is 0 Å². The molecule has 0 saturated heterocycles. The molecular formula is C18H17FN4O2. The SMILES string of the molecule is CNC(=O)Cc1nc2ccccc2n1CC(=O)Nc1ccc(F)cc1. The van der Waals surface area contributed by atoms with Gasteiger partial charge in [-0.05, 0) is 36.4 Å². The average Bonchev–Trinajstić information content (AvgIpc) is 2.94. The van der Waals surface area contributed by atoms with Crippen molar-refractivity contribution >= 4 is 28.5 Å². The van der Waals surface area contributed by atoms with E-state index >= 15 is 0 Å². The molecule has 0 fully saturated rings. The Balaban J connectivity index is 1.85. The van der Waals surface area contributed by atoms with Crippen LogP contribution in [0.5, 0.6) is 0 Å². The first-order chi connectivity index (χ1) is 12.1. The summed E-state index contributed by atoms with van der Waals surface area (Å²) in [6.45, 7) is 0.00418. The van der Waals surface area contributed by atoms with Gasteiger partial charge in [-0.3, -0.25) is 9.59 Å². The number of amides is 2. The van der Waals surface area contributed by atoms with Crippen LogP contribution in [-0.2, 0) is 22.6 Å². The highest BCUT2D eigenvalue weighted by Crippen LogP contribution is 2.17. The molecule has 3 rings (SSSR count). The Morgan fingerprint density at radius 1 is 1.08 bits per heavy atom. The summed E-state index contributed by atoms with van der Waals surface area (Å²) in [5.41, 5.74) is 2.00. The van der Waals surface area contributed by atoms with E-state index in [1.807, 2.05) is 24.3 Å². The Bertz CT molecular complexity index is 918. The van der Waals surface area contributed by atoms with E-state index in [0.717, 1.165) is 11.0 Å². The lowest BCUT2D eigenvalue weighted by atomic mass is 10.3. The number of rotatable bonds is 5. The maximum absolute atomic E-state index is 12.9.